The molecular formula is C18H22O7. The third-order valence-corrected chi connectivity index (χ3v) is 2.20. The van der Waals surface area contributed by atoms with Gasteiger partial charge in [0.25, 0.3) is 0 Å². The van der Waals surface area contributed by atoms with Crippen molar-refractivity contribution in [3.05, 3.63) is 67.8 Å². The second-order valence-corrected chi connectivity index (χ2v) is 4.19. The van der Waals surface area contributed by atoms with Crippen LogP contribution in [0.4, 0.5) is 0 Å². The van der Waals surface area contributed by atoms with E-state index in [1.807, 2.05) is 36.4 Å². The first-order valence-electron chi connectivity index (χ1n) is 6.98. The Labute approximate surface area is 146 Å². The molecule has 0 spiro atoms. The van der Waals surface area contributed by atoms with Crippen LogP contribution in [-0.4, -0.2) is 45.9 Å². The van der Waals surface area contributed by atoms with Crippen molar-refractivity contribution >= 4 is 24.0 Å². The molecule has 1 unspecified atom stereocenters. The molecule has 0 saturated carbocycles. The zero-order valence-electron chi connectivity index (χ0n) is 13.7. The Morgan fingerprint density at radius 1 is 1.08 bits per heavy atom. The largest absolute Gasteiger partial charge is 0.481 e. The van der Waals surface area contributed by atoms with Gasteiger partial charge >= 0.3 is 17.9 Å². The van der Waals surface area contributed by atoms with Gasteiger partial charge in [-0.05, 0) is 5.56 Å². The van der Waals surface area contributed by atoms with Gasteiger partial charge in [-0.15, -0.1) is 0 Å². The molecule has 0 aromatic heterocycles. The van der Waals surface area contributed by atoms with E-state index in [-0.39, 0.29) is 6.61 Å². The second-order valence-electron chi connectivity index (χ2n) is 4.19. The summed E-state index contributed by atoms with van der Waals surface area (Å²) < 4.78 is 4.47. The molecule has 0 radical (unpaired) electrons. The lowest BCUT2D eigenvalue weighted by molar-refractivity contribution is -0.152. The number of rotatable bonds is 7. The van der Waals surface area contributed by atoms with Crippen LogP contribution < -0.4 is 0 Å². The Morgan fingerprint density at radius 3 is 1.92 bits per heavy atom. The van der Waals surface area contributed by atoms with Crippen molar-refractivity contribution in [2.75, 3.05) is 6.61 Å². The Balaban J connectivity index is 0. The highest BCUT2D eigenvalue weighted by molar-refractivity contribution is 5.81. The lowest BCUT2D eigenvalue weighted by atomic mass is 10.2. The van der Waals surface area contributed by atoms with Crippen LogP contribution in [0.3, 0.4) is 0 Å². The van der Waals surface area contributed by atoms with Crippen molar-refractivity contribution in [3.8, 4) is 0 Å². The normalized spacial score (nSPS) is 9.64. The molecule has 1 rings (SSSR count). The number of carboxylic acids is 2. The molecule has 3 N–H and O–H groups in total. The first kappa shape index (κ1) is 24.1. The summed E-state index contributed by atoms with van der Waals surface area (Å²) in [6.07, 6.45) is 1.91. The van der Waals surface area contributed by atoms with E-state index >= 15 is 0 Å². The van der Waals surface area contributed by atoms with E-state index in [0.29, 0.717) is 0 Å². The molecule has 7 heteroatoms. The average molecular weight is 350 g/mol. The summed E-state index contributed by atoms with van der Waals surface area (Å²) in [4.78, 5) is 29.6. The molecule has 0 amide bonds. The highest BCUT2D eigenvalue weighted by Crippen LogP contribution is 1.97. The van der Waals surface area contributed by atoms with Crippen molar-refractivity contribution in [3.63, 3.8) is 0 Å². The van der Waals surface area contributed by atoms with Gasteiger partial charge in [0.2, 0.25) is 0 Å². The predicted molar refractivity (Wildman–Crippen MR) is 93.8 cm³/mol. The van der Waals surface area contributed by atoms with Crippen molar-refractivity contribution in [1.29, 1.82) is 0 Å². The fourth-order valence-corrected chi connectivity index (χ4v) is 1.04. The first-order chi connectivity index (χ1) is 11.8. The lowest BCUT2D eigenvalue weighted by Gasteiger charge is -1.97. The van der Waals surface area contributed by atoms with Crippen molar-refractivity contribution in [2.45, 2.75) is 12.5 Å². The summed E-state index contributed by atoms with van der Waals surface area (Å²) in [7, 11) is 0. The molecule has 0 aliphatic rings. The van der Waals surface area contributed by atoms with Gasteiger partial charge in [-0.2, -0.15) is 0 Å². The molecular weight excluding hydrogens is 328 g/mol. The van der Waals surface area contributed by atoms with Gasteiger partial charge in [0.05, 0.1) is 6.42 Å². The van der Waals surface area contributed by atoms with Crippen LogP contribution in [0, 0.1) is 0 Å². The van der Waals surface area contributed by atoms with E-state index in [2.05, 4.69) is 24.5 Å². The number of hydrogen-bond donors (Lipinski definition) is 3. The minimum absolute atomic E-state index is 0.255. The minimum atomic E-state index is -1.79. The van der Waals surface area contributed by atoms with E-state index < -0.39 is 30.4 Å². The molecule has 25 heavy (non-hydrogen) atoms. The van der Waals surface area contributed by atoms with E-state index in [9.17, 15) is 14.4 Å². The first-order valence-corrected chi connectivity index (χ1v) is 6.98. The van der Waals surface area contributed by atoms with Crippen LogP contribution in [0.5, 0.6) is 0 Å². The van der Waals surface area contributed by atoms with Crippen LogP contribution in [0.25, 0.3) is 6.08 Å². The van der Waals surface area contributed by atoms with E-state index in [1.54, 1.807) is 0 Å². The van der Waals surface area contributed by atoms with Gasteiger partial charge in [0.15, 0.2) is 6.10 Å². The van der Waals surface area contributed by atoms with Gasteiger partial charge in [-0.1, -0.05) is 62.2 Å². The SMILES string of the molecule is C=CCOC(=O)C=C.C=Cc1ccccc1.O=C(O)CC(O)C(=O)O. The number of aliphatic hydroxyl groups excluding tert-OH is 1. The number of carboxylic acid groups (broad SMARTS) is 2. The van der Waals surface area contributed by atoms with Crippen LogP contribution in [0.2, 0.25) is 0 Å². The quantitative estimate of drug-likeness (QED) is 0.391. The Kier molecular flexibility index (Phi) is 15.1. The topological polar surface area (TPSA) is 121 Å². The van der Waals surface area contributed by atoms with Crippen molar-refractivity contribution in [1.82, 2.24) is 0 Å². The third-order valence-electron chi connectivity index (χ3n) is 2.20. The molecule has 0 bridgehead atoms. The Morgan fingerprint density at radius 2 is 1.64 bits per heavy atom. The standard InChI is InChI=1S/C8H8.C6H8O2.C4H6O5/c1-2-8-6-4-3-5-7-8;1-3-5-8-6(7)4-2;5-2(4(8)9)1-3(6)7/h2-7H,1H2;3-4H,1-2,5H2;2,5H,1H2,(H,6,7)(H,8,9). The molecule has 1 aromatic rings. The number of hydrogen-bond acceptors (Lipinski definition) is 5. The highest BCUT2D eigenvalue weighted by atomic mass is 16.5. The molecule has 0 heterocycles. The molecule has 0 aliphatic carbocycles. The van der Waals surface area contributed by atoms with E-state index in [0.717, 1.165) is 6.08 Å². The molecule has 0 fully saturated rings. The van der Waals surface area contributed by atoms with Gasteiger partial charge < -0.3 is 20.1 Å². The average Bonchev–Trinajstić information content (AvgIpc) is 2.60. The number of ether oxygens (including phenoxy) is 1. The Bertz CT molecular complexity index is 564. The smallest absolute Gasteiger partial charge is 0.333 e. The number of esters is 1. The zero-order valence-corrected chi connectivity index (χ0v) is 13.7. The maximum atomic E-state index is 10.2. The summed E-state index contributed by atoms with van der Waals surface area (Å²) in [6, 6.07) is 10.0. The zero-order chi connectivity index (χ0) is 19.7. The summed E-state index contributed by atoms with van der Waals surface area (Å²) in [5, 5.41) is 24.1. The van der Waals surface area contributed by atoms with Gasteiger partial charge in [0, 0.05) is 6.08 Å². The summed E-state index contributed by atoms with van der Waals surface area (Å²) in [6.45, 7) is 10.4. The number of aliphatic carboxylic acids is 2. The number of benzene rings is 1. The summed E-state index contributed by atoms with van der Waals surface area (Å²) in [5.41, 5.74) is 1.17. The van der Waals surface area contributed by atoms with Gasteiger partial charge in [-0.25, -0.2) is 9.59 Å². The van der Waals surface area contributed by atoms with E-state index in [4.69, 9.17) is 15.3 Å². The third kappa shape index (κ3) is 17.0. The lowest BCUT2D eigenvalue weighted by Crippen LogP contribution is -2.22. The fourth-order valence-electron chi connectivity index (χ4n) is 1.04. The van der Waals surface area contributed by atoms with E-state index in [1.165, 1.54) is 11.6 Å². The number of carbonyl (C=O) groups excluding carboxylic acids is 1. The minimum Gasteiger partial charge on any atom is -0.481 e. The van der Waals surface area contributed by atoms with Crippen LogP contribution in [0.1, 0.15) is 12.0 Å². The molecule has 1 aromatic carbocycles. The monoisotopic (exact) mass is 350 g/mol. The number of carbonyl (C=O) groups is 3. The van der Waals surface area contributed by atoms with Crippen molar-refractivity contribution in [2.24, 2.45) is 0 Å². The van der Waals surface area contributed by atoms with Crippen LogP contribution in [-0.2, 0) is 19.1 Å². The van der Waals surface area contributed by atoms with Crippen molar-refractivity contribution < 1.29 is 34.4 Å². The molecule has 0 saturated heterocycles. The Hall–Kier alpha value is -3.19. The van der Waals surface area contributed by atoms with Crippen LogP contribution >= 0.6 is 0 Å². The highest BCUT2D eigenvalue weighted by Gasteiger charge is 2.16. The predicted octanol–water partition coefficient (Wildman–Crippen LogP) is 2.14. The van der Waals surface area contributed by atoms with Gasteiger partial charge in [0.1, 0.15) is 6.61 Å². The van der Waals surface area contributed by atoms with Crippen LogP contribution in [0.15, 0.2) is 62.2 Å². The molecule has 1 atom stereocenters. The molecule has 7 nitrogen and oxygen atoms in total. The maximum absolute atomic E-state index is 10.2. The summed E-state index contributed by atoms with van der Waals surface area (Å²) >= 11 is 0. The summed E-state index contributed by atoms with van der Waals surface area (Å²) in [5.74, 6) is -3.26. The van der Waals surface area contributed by atoms with Gasteiger partial charge in [-0.3, -0.25) is 4.79 Å². The second kappa shape index (κ2) is 15.7. The maximum Gasteiger partial charge on any atom is 0.333 e. The molecule has 136 valence electrons. The number of aliphatic hydroxyl groups is 1. The fraction of sp³-hybridized carbons (Fsp3) is 0.167. The molecule has 0 aliphatic heterocycles.